The van der Waals surface area contributed by atoms with E-state index in [-0.39, 0.29) is 0 Å². The molecule has 5 heteroatoms. The lowest BCUT2D eigenvalue weighted by Crippen LogP contribution is -2.21. The van der Waals surface area contributed by atoms with E-state index in [1.165, 1.54) is 5.56 Å². The molecule has 0 saturated heterocycles. The van der Waals surface area contributed by atoms with Crippen LogP contribution in [0.25, 0.3) is 0 Å². The quantitative estimate of drug-likeness (QED) is 0.408. The lowest BCUT2D eigenvalue weighted by Gasteiger charge is -2.17. The highest BCUT2D eigenvalue weighted by atomic mass is 79.9. The number of aliphatic hydroxyl groups excluding tert-OH is 1. The van der Waals surface area contributed by atoms with Crippen molar-refractivity contribution in [1.29, 1.82) is 0 Å². The van der Waals surface area contributed by atoms with Crippen molar-refractivity contribution in [2.24, 2.45) is 0 Å². The molecule has 0 saturated carbocycles. The third-order valence-corrected chi connectivity index (χ3v) is 5.28. The molecule has 0 bridgehead atoms. The van der Waals surface area contributed by atoms with Gasteiger partial charge in [-0.1, -0.05) is 60.2 Å². The van der Waals surface area contributed by atoms with E-state index in [1.807, 2.05) is 55.5 Å². The first-order valence-corrected chi connectivity index (χ1v) is 10.9. The van der Waals surface area contributed by atoms with Crippen LogP contribution in [-0.4, -0.2) is 18.3 Å². The summed E-state index contributed by atoms with van der Waals surface area (Å²) in [6.45, 7) is 6.14. The molecule has 0 aliphatic carbocycles. The van der Waals surface area contributed by atoms with Crippen LogP contribution in [0.3, 0.4) is 0 Å². The van der Waals surface area contributed by atoms with Gasteiger partial charge in [0.15, 0.2) is 11.5 Å². The molecule has 0 aliphatic rings. The summed E-state index contributed by atoms with van der Waals surface area (Å²) in [7, 11) is 0. The number of rotatable bonds is 10. The number of aryl methyl sites for hydroxylation is 1. The summed E-state index contributed by atoms with van der Waals surface area (Å²) in [5.41, 5.74) is 4.28. The fourth-order valence-corrected chi connectivity index (χ4v) is 3.83. The van der Waals surface area contributed by atoms with Crippen LogP contribution in [0.5, 0.6) is 11.5 Å². The Balaban J connectivity index is 1.64. The molecule has 2 N–H and O–H groups in total. The van der Waals surface area contributed by atoms with Crippen LogP contribution in [0.15, 0.2) is 71.2 Å². The van der Waals surface area contributed by atoms with Gasteiger partial charge >= 0.3 is 0 Å². The Kier molecular flexibility index (Phi) is 8.31. The second-order valence-electron chi connectivity index (χ2n) is 7.17. The second kappa shape index (κ2) is 11.2. The molecule has 0 aliphatic heterocycles. The molecule has 1 atom stereocenters. The fraction of sp³-hybridized carbons (Fsp3) is 0.280. The average Bonchev–Trinajstić information content (AvgIpc) is 2.74. The summed E-state index contributed by atoms with van der Waals surface area (Å²) >= 11 is 3.63. The highest BCUT2D eigenvalue weighted by Crippen LogP contribution is 2.37. The summed E-state index contributed by atoms with van der Waals surface area (Å²) in [4.78, 5) is 0. The first kappa shape index (κ1) is 22.3. The summed E-state index contributed by atoms with van der Waals surface area (Å²) in [5.74, 6) is 1.41. The van der Waals surface area contributed by atoms with Gasteiger partial charge in [-0.3, -0.25) is 0 Å². The SMILES string of the molecule is CCOc1cc(CNC[C@H](O)c2ccccc2)cc(Br)c1OCc1cccc(C)c1. The summed E-state index contributed by atoms with van der Waals surface area (Å²) < 4.78 is 12.8. The van der Waals surface area contributed by atoms with E-state index < -0.39 is 6.10 Å². The van der Waals surface area contributed by atoms with Gasteiger partial charge in [0, 0.05) is 13.1 Å². The molecule has 0 fully saturated rings. The van der Waals surface area contributed by atoms with E-state index in [4.69, 9.17) is 9.47 Å². The highest BCUT2D eigenvalue weighted by Gasteiger charge is 2.13. The predicted molar refractivity (Wildman–Crippen MR) is 124 cm³/mol. The molecule has 0 aromatic heterocycles. The Hall–Kier alpha value is -2.34. The van der Waals surface area contributed by atoms with Crippen LogP contribution in [0, 0.1) is 6.92 Å². The Morgan fingerprint density at radius 1 is 0.967 bits per heavy atom. The molecule has 4 nitrogen and oxygen atoms in total. The first-order valence-electron chi connectivity index (χ1n) is 10.1. The lowest BCUT2D eigenvalue weighted by molar-refractivity contribution is 0.174. The zero-order valence-corrected chi connectivity index (χ0v) is 19.0. The first-order chi connectivity index (χ1) is 14.6. The minimum Gasteiger partial charge on any atom is -0.490 e. The molecule has 3 aromatic rings. The molecular formula is C25H28BrNO3. The van der Waals surface area contributed by atoms with Crippen molar-refractivity contribution in [3.8, 4) is 11.5 Å². The van der Waals surface area contributed by atoms with Gasteiger partial charge in [-0.2, -0.15) is 0 Å². The summed E-state index contributed by atoms with van der Waals surface area (Å²) in [6, 6.07) is 21.9. The number of hydrogen-bond acceptors (Lipinski definition) is 4. The Bertz CT molecular complexity index is 946. The molecule has 0 unspecified atom stereocenters. The third-order valence-electron chi connectivity index (χ3n) is 4.69. The highest BCUT2D eigenvalue weighted by molar-refractivity contribution is 9.10. The molecule has 3 aromatic carbocycles. The van der Waals surface area contributed by atoms with E-state index in [2.05, 4.69) is 46.4 Å². The van der Waals surface area contributed by atoms with E-state index in [0.29, 0.717) is 37.8 Å². The number of aliphatic hydroxyl groups is 1. The molecule has 0 heterocycles. The molecule has 30 heavy (non-hydrogen) atoms. The van der Waals surface area contributed by atoms with Gasteiger partial charge in [-0.15, -0.1) is 0 Å². The normalized spacial score (nSPS) is 11.9. The molecule has 0 spiro atoms. The van der Waals surface area contributed by atoms with Crippen molar-refractivity contribution in [3.05, 3.63) is 93.5 Å². The van der Waals surface area contributed by atoms with Crippen molar-refractivity contribution in [2.75, 3.05) is 13.2 Å². The van der Waals surface area contributed by atoms with Crippen LogP contribution in [0.1, 0.15) is 35.3 Å². The van der Waals surface area contributed by atoms with Gasteiger partial charge in [0.1, 0.15) is 6.61 Å². The number of hydrogen-bond donors (Lipinski definition) is 2. The van der Waals surface area contributed by atoms with Crippen molar-refractivity contribution < 1.29 is 14.6 Å². The third kappa shape index (κ3) is 6.33. The zero-order chi connectivity index (χ0) is 21.3. The maximum atomic E-state index is 10.3. The molecule has 3 rings (SSSR count). The number of benzene rings is 3. The summed E-state index contributed by atoms with van der Waals surface area (Å²) in [6.07, 6.45) is -0.544. The maximum absolute atomic E-state index is 10.3. The zero-order valence-electron chi connectivity index (χ0n) is 17.4. The Morgan fingerprint density at radius 2 is 1.77 bits per heavy atom. The number of nitrogens with one attached hydrogen (secondary N) is 1. The van der Waals surface area contributed by atoms with Crippen molar-refractivity contribution in [3.63, 3.8) is 0 Å². The smallest absolute Gasteiger partial charge is 0.175 e. The monoisotopic (exact) mass is 469 g/mol. The minimum atomic E-state index is -0.544. The standard InChI is InChI=1S/C25H28BrNO3/c1-3-29-24-14-20(15-27-16-23(28)21-10-5-4-6-11-21)13-22(26)25(24)30-17-19-9-7-8-18(2)12-19/h4-14,23,27-28H,3,15-17H2,1-2H3/t23-/m0/s1. The van der Waals surface area contributed by atoms with Crippen LogP contribution >= 0.6 is 15.9 Å². The largest absolute Gasteiger partial charge is 0.490 e. The van der Waals surface area contributed by atoms with Crippen LogP contribution in [0.2, 0.25) is 0 Å². The number of ether oxygens (including phenoxy) is 2. The van der Waals surface area contributed by atoms with E-state index in [1.54, 1.807) is 0 Å². The second-order valence-corrected chi connectivity index (χ2v) is 8.03. The fourth-order valence-electron chi connectivity index (χ4n) is 3.23. The van der Waals surface area contributed by atoms with Gasteiger partial charge in [0.2, 0.25) is 0 Å². The van der Waals surface area contributed by atoms with E-state index >= 15 is 0 Å². The van der Waals surface area contributed by atoms with E-state index in [9.17, 15) is 5.11 Å². The molecule has 0 amide bonds. The van der Waals surface area contributed by atoms with Crippen molar-refractivity contribution in [1.82, 2.24) is 5.32 Å². The van der Waals surface area contributed by atoms with Crippen molar-refractivity contribution in [2.45, 2.75) is 33.1 Å². The van der Waals surface area contributed by atoms with Gasteiger partial charge in [-0.25, -0.2) is 0 Å². The van der Waals surface area contributed by atoms with Gasteiger partial charge in [0.25, 0.3) is 0 Å². The van der Waals surface area contributed by atoms with Crippen LogP contribution in [-0.2, 0) is 13.2 Å². The Labute approximate surface area is 187 Å². The van der Waals surface area contributed by atoms with Crippen LogP contribution < -0.4 is 14.8 Å². The Morgan fingerprint density at radius 3 is 2.50 bits per heavy atom. The van der Waals surface area contributed by atoms with Gasteiger partial charge in [0.05, 0.1) is 17.2 Å². The van der Waals surface area contributed by atoms with Gasteiger partial charge in [-0.05, 0) is 58.6 Å². The molecular weight excluding hydrogens is 442 g/mol. The maximum Gasteiger partial charge on any atom is 0.175 e. The summed E-state index contributed by atoms with van der Waals surface area (Å²) in [5, 5.41) is 13.6. The van der Waals surface area contributed by atoms with Gasteiger partial charge < -0.3 is 19.9 Å². The minimum absolute atomic E-state index is 0.469. The number of halogens is 1. The predicted octanol–water partition coefficient (Wildman–Crippen LogP) is 5.56. The van der Waals surface area contributed by atoms with E-state index in [0.717, 1.165) is 21.2 Å². The lowest BCUT2D eigenvalue weighted by atomic mass is 10.1. The topological polar surface area (TPSA) is 50.7 Å². The molecule has 0 radical (unpaired) electrons. The van der Waals surface area contributed by atoms with Crippen molar-refractivity contribution >= 4 is 15.9 Å². The average molecular weight is 470 g/mol. The van der Waals surface area contributed by atoms with Crippen LogP contribution in [0.4, 0.5) is 0 Å². The molecule has 158 valence electrons.